The van der Waals surface area contributed by atoms with Crippen LogP contribution in [-0.4, -0.2) is 66.1 Å². The Bertz CT molecular complexity index is 1450. The highest BCUT2D eigenvalue weighted by Gasteiger charge is 2.34. The van der Waals surface area contributed by atoms with E-state index in [0.29, 0.717) is 36.7 Å². The van der Waals surface area contributed by atoms with E-state index in [0.717, 1.165) is 49.4 Å². The lowest BCUT2D eigenvalue weighted by atomic mass is 9.92. The lowest BCUT2D eigenvalue weighted by Gasteiger charge is -2.40. The summed E-state index contributed by atoms with van der Waals surface area (Å²) in [6.07, 6.45) is 4.80. The van der Waals surface area contributed by atoms with Crippen LogP contribution >= 0.6 is 0 Å². The number of fused-ring (bicyclic) bond motifs is 1. The summed E-state index contributed by atoms with van der Waals surface area (Å²) in [5.74, 6) is 0.666. The number of piperidine rings is 1. The quantitative estimate of drug-likeness (QED) is 0.335. The first-order valence-corrected chi connectivity index (χ1v) is 14.6. The predicted molar refractivity (Wildman–Crippen MR) is 154 cm³/mol. The van der Waals surface area contributed by atoms with Crippen LogP contribution in [0.25, 0.3) is 11.1 Å². The molecular formula is C33H36FN3O4. The van der Waals surface area contributed by atoms with E-state index in [1.54, 1.807) is 12.1 Å². The molecular weight excluding hydrogens is 521 g/mol. The van der Waals surface area contributed by atoms with Crippen molar-refractivity contribution in [2.24, 2.45) is 0 Å². The Balaban J connectivity index is 1.14. The Kier molecular flexibility index (Phi) is 7.75. The van der Waals surface area contributed by atoms with Crippen molar-refractivity contribution in [3.63, 3.8) is 0 Å². The van der Waals surface area contributed by atoms with Gasteiger partial charge in [-0.25, -0.2) is 14.2 Å². The Morgan fingerprint density at radius 3 is 2.46 bits per heavy atom. The van der Waals surface area contributed by atoms with Gasteiger partial charge in [-0.05, 0) is 85.5 Å². The number of rotatable bonds is 8. The van der Waals surface area contributed by atoms with E-state index >= 15 is 0 Å². The zero-order valence-electron chi connectivity index (χ0n) is 23.7. The number of halogens is 1. The molecule has 2 fully saturated rings. The summed E-state index contributed by atoms with van der Waals surface area (Å²) in [4.78, 5) is 34.0. The summed E-state index contributed by atoms with van der Waals surface area (Å²) in [5.41, 5.74) is 6.12. The van der Waals surface area contributed by atoms with E-state index < -0.39 is 5.97 Å². The van der Waals surface area contributed by atoms with Crippen molar-refractivity contribution in [1.82, 2.24) is 14.8 Å². The largest absolute Gasteiger partial charge is 0.493 e. The van der Waals surface area contributed by atoms with E-state index in [4.69, 9.17) is 9.47 Å². The number of carbonyl (C=O) groups excluding carboxylic acids is 2. The first-order valence-electron chi connectivity index (χ1n) is 14.6. The van der Waals surface area contributed by atoms with Crippen LogP contribution in [0.3, 0.4) is 0 Å². The van der Waals surface area contributed by atoms with Crippen molar-refractivity contribution in [2.75, 3.05) is 33.4 Å². The molecule has 214 valence electrons. The minimum atomic E-state index is -0.488. The van der Waals surface area contributed by atoms with Crippen molar-refractivity contribution in [2.45, 2.75) is 57.5 Å². The molecule has 7 nitrogen and oxygen atoms in total. The van der Waals surface area contributed by atoms with Crippen molar-refractivity contribution in [3.8, 4) is 16.9 Å². The van der Waals surface area contributed by atoms with Crippen LogP contribution < -0.4 is 4.74 Å². The molecule has 2 aromatic carbocycles. The fourth-order valence-corrected chi connectivity index (χ4v) is 6.28. The summed E-state index contributed by atoms with van der Waals surface area (Å²) in [6, 6.07) is 14.7. The van der Waals surface area contributed by atoms with E-state index in [-0.39, 0.29) is 23.5 Å². The van der Waals surface area contributed by atoms with Crippen LogP contribution in [0.5, 0.6) is 5.75 Å². The Morgan fingerprint density at radius 2 is 1.78 bits per heavy atom. The molecule has 0 radical (unpaired) electrons. The van der Waals surface area contributed by atoms with Gasteiger partial charge in [-0.15, -0.1) is 0 Å². The van der Waals surface area contributed by atoms with Gasteiger partial charge in [0.2, 0.25) is 0 Å². The first-order chi connectivity index (χ1) is 19.9. The molecule has 0 N–H and O–H groups in total. The molecule has 3 aromatic rings. The Hall–Kier alpha value is -3.78. The number of benzene rings is 2. The predicted octanol–water partition coefficient (Wildman–Crippen LogP) is 5.61. The monoisotopic (exact) mass is 557 g/mol. The van der Waals surface area contributed by atoms with Crippen molar-refractivity contribution in [3.05, 3.63) is 82.4 Å². The van der Waals surface area contributed by atoms with Gasteiger partial charge in [0.25, 0.3) is 5.91 Å². The molecule has 8 heteroatoms. The molecule has 3 heterocycles. The number of esters is 1. The number of amides is 1. The number of hydrogen-bond donors (Lipinski definition) is 0. The average Bonchev–Trinajstić information content (AvgIpc) is 3.84. The van der Waals surface area contributed by atoms with Crippen LogP contribution in [0.15, 0.2) is 48.5 Å². The van der Waals surface area contributed by atoms with E-state index in [2.05, 4.69) is 22.0 Å². The van der Waals surface area contributed by atoms with Gasteiger partial charge >= 0.3 is 5.97 Å². The van der Waals surface area contributed by atoms with Gasteiger partial charge in [-0.2, -0.15) is 0 Å². The first kappa shape index (κ1) is 27.4. The third-order valence-corrected chi connectivity index (χ3v) is 8.50. The number of pyridine rings is 1. The van der Waals surface area contributed by atoms with Gasteiger partial charge in [0.15, 0.2) is 0 Å². The van der Waals surface area contributed by atoms with E-state index in [1.807, 2.05) is 24.0 Å². The van der Waals surface area contributed by atoms with Crippen molar-refractivity contribution >= 4 is 11.9 Å². The summed E-state index contributed by atoms with van der Waals surface area (Å²) in [5, 5.41) is 0. The van der Waals surface area contributed by atoms with Gasteiger partial charge < -0.3 is 14.4 Å². The maximum Gasteiger partial charge on any atom is 0.356 e. The zero-order valence-corrected chi connectivity index (χ0v) is 23.7. The number of carbonyl (C=O) groups is 2. The number of aromatic nitrogens is 1. The molecule has 1 aliphatic carbocycles. The number of likely N-dealkylation sites (tertiary alicyclic amines) is 1. The summed E-state index contributed by atoms with van der Waals surface area (Å²) in [6.45, 7) is 5.82. The molecule has 0 unspecified atom stereocenters. The standard InChI is InChI=1S/C33H36FN3O4/c1-3-41-30-19-21(18-27(22-4-5-22)31(30)23-6-8-24(34)9-7-23)20-36-15-12-25(13-16-36)37-17-14-28-26(32(37)38)10-11-29(35-28)33(39)40-2/h6-11,18-19,22,25H,3-5,12-17,20H2,1-2H3. The molecule has 1 amide bonds. The summed E-state index contributed by atoms with van der Waals surface area (Å²) in [7, 11) is 1.33. The van der Waals surface area contributed by atoms with Gasteiger partial charge in [0.05, 0.1) is 25.0 Å². The molecule has 3 aliphatic rings. The van der Waals surface area contributed by atoms with Crippen LogP contribution in [0.2, 0.25) is 0 Å². The minimum Gasteiger partial charge on any atom is -0.493 e. The number of methoxy groups -OCH3 is 1. The molecule has 41 heavy (non-hydrogen) atoms. The smallest absolute Gasteiger partial charge is 0.356 e. The summed E-state index contributed by atoms with van der Waals surface area (Å²) < 4.78 is 24.6. The third kappa shape index (κ3) is 5.71. The fourth-order valence-electron chi connectivity index (χ4n) is 6.28. The molecule has 1 saturated carbocycles. The minimum absolute atomic E-state index is 0.000397. The number of nitrogens with zero attached hydrogens (tertiary/aromatic N) is 3. The van der Waals surface area contributed by atoms with E-state index in [9.17, 15) is 14.0 Å². The molecule has 0 bridgehead atoms. The maximum absolute atomic E-state index is 13.7. The van der Waals surface area contributed by atoms with Crippen LogP contribution in [0.4, 0.5) is 4.39 Å². The highest BCUT2D eigenvalue weighted by molar-refractivity contribution is 5.97. The summed E-state index contributed by atoms with van der Waals surface area (Å²) >= 11 is 0. The SMILES string of the molecule is CCOc1cc(CN2CCC(N3CCc4nc(C(=O)OC)ccc4C3=O)CC2)cc(C2CC2)c1-c1ccc(F)cc1. The molecule has 1 saturated heterocycles. The Morgan fingerprint density at radius 1 is 1.02 bits per heavy atom. The van der Waals surface area contributed by atoms with E-state index in [1.165, 1.54) is 43.2 Å². The number of hydrogen-bond acceptors (Lipinski definition) is 6. The lowest BCUT2D eigenvalue weighted by molar-refractivity contribution is 0.0536. The Labute approximate surface area is 240 Å². The molecule has 2 aliphatic heterocycles. The van der Waals surface area contributed by atoms with Crippen LogP contribution in [0, 0.1) is 5.82 Å². The second kappa shape index (κ2) is 11.6. The van der Waals surface area contributed by atoms with Crippen molar-refractivity contribution in [1.29, 1.82) is 0 Å². The highest BCUT2D eigenvalue weighted by atomic mass is 19.1. The van der Waals surface area contributed by atoms with Gasteiger partial charge in [0, 0.05) is 44.2 Å². The second-order valence-corrected chi connectivity index (χ2v) is 11.2. The van der Waals surface area contributed by atoms with Gasteiger partial charge in [-0.3, -0.25) is 9.69 Å². The normalized spacial score (nSPS) is 17.8. The lowest BCUT2D eigenvalue weighted by Crippen LogP contribution is -2.50. The van der Waals surface area contributed by atoms with Crippen LogP contribution in [-0.2, 0) is 17.7 Å². The molecule has 1 aromatic heterocycles. The van der Waals surface area contributed by atoms with Gasteiger partial charge in [0.1, 0.15) is 17.3 Å². The third-order valence-electron chi connectivity index (χ3n) is 8.50. The number of ether oxygens (including phenoxy) is 2. The average molecular weight is 558 g/mol. The fraction of sp³-hybridized carbons (Fsp3) is 0.424. The molecule has 0 atom stereocenters. The maximum atomic E-state index is 13.7. The van der Waals surface area contributed by atoms with Gasteiger partial charge in [-0.1, -0.05) is 18.2 Å². The van der Waals surface area contributed by atoms with Crippen LogP contribution in [0.1, 0.15) is 76.2 Å². The zero-order chi connectivity index (χ0) is 28.5. The van der Waals surface area contributed by atoms with Crippen molar-refractivity contribution < 1.29 is 23.5 Å². The second-order valence-electron chi connectivity index (χ2n) is 11.2. The molecule has 6 rings (SSSR count). The topological polar surface area (TPSA) is 72.0 Å². The molecule has 0 spiro atoms. The highest BCUT2D eigenvalue weighted by Crippen LogP contribution is 2.48.